The number of aryl methyl sites for hydroxylation is 1. The van der Waals surface area contributed by atoms with Crippen LogP contribution in [0, 0.1) is 0 Å². The molecule has 0 aromatic heterocycles. The quantitative estimate of drug-likeness (QED) is 0.782. The third-order valence-electron chi connectivity index (χ3n) is 3.24. The first-order valence-corrected chi connectivity index (χ1v) is 8.13. The first-order valence-electron chi connectivity index (χ1n) is 7.32. The molecule has 2 amide bonds. The first-order chi connectivity index (χ1) is 10.7. The summed E-state index contributed by atoms with van der Waals surface area (Å²) >= 11 is 0.983. The third kappa shape index (κ3) is 3.90. The van der Waals surface area contributed by atoms with Crippen LogP contribution in [0.2, 0.25) is 0 Å². The summed E-state index contributed by atoms with van der Waals surface area (Å²) in [4.78, 5) is 25.5. The highest BCUT2D eigenvalue weighted by atomic mass is 32.2. The maximum atomic E-state index is 12.1. The third-order valence-corrected chi connectivity index (χ3v) is 4.20. The summed E-state index contributed by atoms with van der Waals surface area (Å²) in [6, 6.07) is 7.85. The second kappa shape index (κ2) is 8.00. The molecule has 1 saturated heterocycles. The number of nitrogens with two attached hydrogens (primary N) is 1. The Labute approximate surface area is 134 Å². The molecule has 2 rings (SSSR count). The van der Waals surface area contributed by atoms with Gasteiger partial charge in [0.25, 0.3) is 11.1 Å². The van der Waals surface area contributed by atoms with Crippen molar-refractivity contribution >= 4 is 22.9 Å². The maximum absolute atomic E-state index is 12.1. The van der Waals surface area contributed by atoms with Crippen molar-refractivity contribution in [1.82, 2.24) is 4.90 Å². The molecule has 0 spiro atoms. The molecule has 1 heterocycles. The van der Waals surface area contributed by atoms with Gasteiger partial charge in [-0.1, -0.05) is 24.3 Å². The van der Waals surface area contributed by atoms with E-state index in [0.717, 1.165) is 29.5 Å². The summed E-state index contributed by atoms with van der Waals surface area (Å²) in [5.41, 5.74) is 6.51. The lowest BCUT2D eigenvalue weighted by molar-refractivity contribution is -0.122. The van der Waals surface area contributed by atoms with E-state index in [0.29, 0.717) is 17.9 Å². The van der Waals surface area contributed by atoms with Crippen molar-refractivity contribution in [3.63, 3.8) is 0 Å². The fourth-order valence-electron chi connectivity index (χ4n) is 2.23. The summed E-state index contributed by atoms with van der Waals surface area (Å²) < 4.78 is 5.58. The average Bonchev–Trinajstić information content (AvgIpc) is 2.77. The van der Waals surface area contributed by atoms with Crippen LogP contribution in [-0.4, -0.2) is 35.7 Å². The second-order valence-corrected chi connectivity index (χ2v) is 5.75. The van der Waals surface area contributed by atoms with E-state index in [1.807, 2.05) is 37.3 Å². The number of para-hydroxylation sites is 1. The fourth-order valence-corrected chi connectivity index (χ4v) is 3.10. The molecule has 118 valence electrons. The molecule has 1 aromatic rings. The molecule has 1 fully saturated rings. The highest BCUT2D eigenvalue weighted by Crippen LogP contribution is 2.31. The van der Waals surface area contributed by atoms with E-state index in [1.54, 1.807) is 0 Å². The smallest absolute Gasteiger partial charge is 0.293 e. The summed E-state index contributed by atoms with van der Waals surface area (Å²) in [6.07, 6.45) is 3.27. The summed E-state index contributed by atoms with van der Waals surface area (Å²) in [7, 11) is 0. The molecule has 2 N–H and O–H groups in total. The molecule has 0 radical (unpaired) electrons. The molecule has 0 bridgehead atoms. The molecule has 1 aliphatic rings. The highest BCUT2D eigenvalue weighted by molar-refractivity contribution is 8.18. The van der Waals surface area contributed by atoms with Crippen LogP contribution in [-0.2, 0) is 11.2 Å². The summed E-state index contributed by atoms with van der Waals surface area (Å²) in [6.45, 7) is 3.13. The summed E-state index contributed by atoms with van der Waals surface area (Å²) in [5.74, 6) is 0.633. The van der Waals surface area contributed by atoms with Gasteiger partial charge >= 0.3 is 0 Å². The number of rotatable bonds is 7. The molecular weight excluding hydrogens is 300 g/mol. The van der Waals surface area contributed by atoms with Gasteiger partial charge in [0, 0.05) is 13.1 Å². The monoisotopic (exact) mass is 320 g/mol. The molecule has 5 nitrogen and oxygen atoms in total. The first kappa shape index (κ1) is 16.6. The Morgan fingerprint density at radius 1 is 1.32 bits per heavy atom. The molecule has 22 heavy (non-hydrogen) atoms. The molecule has 6 heteroatoms. The zero-order valence-electron chi connectivity index (χ0n) is 12.6. The standard InChI is InChI=1S/C16H20N2O3S/c1-2-21-13-8-4-3-6-12(13)7-5-9-14-15(19)18(11-10-17)16(20)22-14/h3-4,6,8-9H,2,5,7,10-11,17H2,1H3/b14-9-. The topological polar surface area (TPSA) is 72.6 Å². The zero-order chi connectivity index (χ0) is 15.9. The molecule has 1 aliphatic heterocycles. The van der Waals surface area contributed by atoms with E-state index >= 15 is 0 Å². The largest absolute Gasteiger partial charge is 0.494 e. The van der Waals surface area contributed by atoms with Gasteiger partial charge in [-0.2, -0.15) is 0 Å². The van der Waals surface area contributed by atoms with Crippen molar-refractivity contribution in [2.24, 2.45) is 5.73 Å². The lowest BCUT2D eigenvalue weighted by Gasteiger charge is -2.09. The zero-order valence-corrected chi connectivity index (χ0v) is 13.4. The Hall–Kier alpha value is -1.79. The van der Waals surface area contributed by atoms with Crippen LogP contribution in [0.4, 0.5) is 4.79 Å². The van der Waals surface area contributed by atoms with Gasteiger partial charge in [0.15, 0.2) is 0 Å². The van der Waals surface area contributed by atoms with Gasteiger partial charge in [-0.25, -0.2) is 0 Å². The highest BCUT2D eigenvalue weighted by Gasteiger charge is 2.33. The number of nitrogens with zero attached hydrogens (tertiary/aromatic N) is 1. The molecule has 0 unspecified atom stereocenters. The van der Waals surface area contributed by atoms with Crippen LogP contribution in [0.3, 0.4) is 0 Å². The van der Waals surface area contributed by atoms with Crippen molar-refractivity contribution in [1.29, 1.82) is 0 Å². The number of hydrogen-bond donors (Lipinski definition) is 1. The van der Waals surface area contributed by atoms with Gasteiger partial charge in [-0.15, -0.1) is 0 Å². The van der Waals surface area contributed by atoms with E-state index in [1.165, 1.54) is 4.90 Å². The number of benzene rings is 1. The number of carbonyl (C=O) groups is 2. The molecule has 0 saturated carbocycles. The van der Waals surface area contributed by atoms with E-state index in [9.17, 15) is 9.59 Å². The minimum absolute atomic E-state index is 0.237. The Morgan fingerprint density at radius 2 is 2.09 bits per heavy atom. The van der Waals surface area contributed by atoms with Crippen molar-refractivity contribution in [3.05, 3.63) is 40.8 Å². The van der Waals surface area contributed by atoms with Crippen LogP contribution >= 0.6 is 11.8 Å². The summed E-state index contributed by atoms with van der Waals surface area (Å²) in [5, 5.41) is -0.239. The van der Waals surface area contributed by atoms with Crippen LogP contribution in [0.5, 0.6) is 5.75 Å². The predicted molar refractivity (Wildman–Crippen MR) is 87.8 cm³/mol. The second-order valence-electron chi connectivity index (χ2n) is 4.76. The molecule has 1 aromatic carbocycles. The maximum Gasteiger partial charge on any atom is 0.293 e. The van der Waals surface area contributed by atoms with E-state index in [2.05, 4.69) is 0 Å². The van der Waals surface area contributed by atoms with E-state index < -0.39 is 0 Å². The number of amides is 2. The normalized spacial score (nSPS) is 16.6. The van der Waals surface area contributed by atoms with Gasteiger partial charge in [0.1, 0.15) is 5.75 Å². The Bertz CT molecular complexity index is 587. The fraction of sp³-hybridized carbons (Fsp3) is 0.375. The number of carbonyl (C=O) groups excluding carboxylic acids is 2. The Morgan fingerprint density at radius 3 is 2.82 bits per heavy atom. The Balaban J connectivity index is 1.99. The minimum Gasteiger partial charge on any atom is -0.494 e. The minimum atomic E-state index is -0.239. The number of ether oxygens (including phenoxy) is 1. The van der Waals surface area contributed by atoms with Crippen molar-refractivity contribution in [2.45, 2.75) is 19.8 Å². The average molecular weight is 320 g/mol. The molecule has 0 atom stereocenters. The van der Waals surface area contributed by atoms with Crippen LogP contribution < -0.4 is 10.5 Å². The van der Waals surface area contributed by atoms with Gasteiger partial charge in [0.2, 0.25) is 0 Å². The van der Waals surface area contributed by atoms with Gasteiger partial charge in [-0.3, -0.25) is 14.5 Å². The van der Waals surface area contributed by atoms with Gasteiger partial charge < -0.3 is 10.5 Å². The predicted octanol–water partition coefficient (Wildman–Crippen LogP) is 2.56. The lowest BCUT2D eigenvalue weighted by atomic mass is 10.1. The van der Waals surface area contributed by atoms with E-state index in [-0.39, 0.29) is 24.2 Å². The van der Waals surface area contributed by atoms with Crippen molar-refractivity contribution in [3.8, 4) is 5.75 Å². The molecular formula is C16H20N2O3S. The van der Waals surface area contributed by atoms with Crippen molar-refractivity contribution in [2.75, 3.05) is 19.7 Å². The van der Waals surface area contributed by atoms with Crippen LogP contribution in [0.25, 0.3) is 0 Å². The van der Waals surface area contributed by atoms with Crippen LogP contribution in [0.15, 0.2) is 35.2 Å². The van der Waals surface area contributed by atoms with Crippen LogP contribution in [0.1, 0.15) is 18.9 Å². The van der Waals surface area contributed by atoms with Gasteiger partial charge in [0.05, 0.1) is 11.5 Å². The van der Waals surface area contributed by atoms with Gasteiger partial charge in [-0.05, 0) is 43.2 Å². The van der Waals surface area contributed by atoms with Crippen molar-refractivity contribution < 1.29 is 14.3 Å². The SMILES string of the molecule is CCOc1ccccc1CC/C=C1\SC(=O)N(CCN)C1=O. The number of allylic oxidation sites excluding steroid dienone is 1. The number of thioether (sulfide) groups is 1. The Kier molecular flexibility index (Phi) is 6.03. The number of hydrogen-bond acceptors (Lipinski definition) is 5. The lowest BCUT2D eigenvalue weighted by Crippen LogP contribution is -2.33. The number of imide groups is 1. The van der Waals surface area contributed by atoms with E-state index in [4.69, 9.17) is 10.5 Å². The molecule has 0 aliphatic carbocycles.